The van der Waals surface area contributed by atoms with Gasteiger partial charge in [0, 0.05) is 25.1 Å². The molecule has 3 heterocycles. The number of nitrogens with zero attached hydrogens (tertiary/aromatic N) is 3. The number of aryl methyl sites for hydroxylation is 1. The molecule has 7 nitrogen and oxygen atoms in total. The first-order valence-corrected chi connectivity index (χ1v) is 9.62. The smallest absolute Gasteiger partial charge is 0.475 e. The van der Waals surface area contributed by atoms with Crippen LogP contribution in [0.1, 0.15) is 38.8 Å². The molecule has 0 bridgehead atoms. The third kappa shape index (κ3) is 6.53. The third-order valence-corrected chi connectivity index (χ3v) is 5.04. The fourth-order valence-corrected chi connectivity index (χ4v) is 3.59. The third-order valence-electron chi connectivity index (χ3n) is 5.04. The second-order valence-corrected chi connectivity index (χ2v) is 7.73. The van der Waals surface area contributed by atoms with Crippen molar-refractivity contribution in [1.82, 2.24) is 10.2 Å². The number of alkyl halides is 3. The summed E-state index contributed by atoms with van der Waals surface area (Å²) in [5.41, 5.74) is 1.05. The van der Waals surface area contributed by atoms with E-state index in [4.69, 9.17) is 19.4 Å². The van der Waals surface area contributed by atoms with Crippen LogP contribution >= 0.6 is 0 Å². The van der Waals surface area contributed by atoms with Gasteiger partial charge in [-0.25, -0.2) is 4.79 Å². The number of carboxylic acid groups (broad SMARTS) is 1. The van der Waals surface area contributed by atoms with Crippen LogP contribution in [-0.4, -0.2) is 66.0 Å². The number of rotatable bonds is 4. The lowest BCUT2D eigenvalue weighted by Crippen LogP contribution is -2.57. The van der Waals surface area contributed by atoms with E-state index in [1.807, 2.05) is 13.0 Å². The van der Waals surface area contributed by atoms with Crippen LogP contribution in [0.3, 0.4) is 0 Å². The molecule has 2 aliphatic rings. The van der Waals surface area contributed by atoms with E-state index in [9.17, 15) is 13.2 Å². The van der Waals surface area contributed by atoms with Crippen molar-refractivity contribution in [2.24, 2.45) is 5.41 Å². The minimum atomic E-state index is -5.08. The average molecular weight is 419 g/mol. The predicted octanol–water partition coefficient (Wildman–Crippen LogP) is 3.22. The molecule has 10 heteroatoms. The van der Waals surface area contributed by atoms with Crippen molar-refractivity contribution in [3.8, 4) is 0 Å². The van der Waals surface area contributed by atoms with E-state index in [2.05, 4.69) is 35.0 Å². The topological polar surface area (TPSA) is 84.8 Å². The Labute approximate surface area is 168 Å². The van der Waals surface area contributed by atoms with Crippen LogP contribution in [0.15, 0.2) is 12.1 Å². The number of carboxylic acids is 1. The zero-order valence-electron chi connectivity index (χ0n) is 16.9. The number of hydrogen-bond donors (Lipinski definition) is 1. The fraction of sp³-hybridized carbons (Fsp3) is 0.737. The molecule has 164 valence electrons. The number of ether oxygens (including phenoxy) is 2. The highest BCUT2D eigenvalue weighted by Crippen LogP contribution is 2.41. The van der Waals surface area contributed by atoms with Crippen LogP contribution in [0.4, 0.5) is 19.0 Å². The maximum absolute atomic E-state index is 10.6. The molecule has 2 unspecified atom stereocenters. The highest BCUT2D eigenvalue weighted by Gasteiger charge is 2.46. The van der Waals surface area contributed by atoms with Crippen molar-refractivity contribution in [2.75, 3.05) is 31.2 Å². The number of aliphatic carboxylic acids is 1. The van der Waals surface area contributed by atoms with E-state index in [0.717, 1.165) is 50.7 Å². The average Bonchev–Trinajstić information content (AvgIpc) is 2.66. The second-order valence-electron chi connectivity index (χ2n) is 7.73. The van der Waals surface area contributed by atoms with E-state index in [0.29, 0.717) is 6.10 Å². The summed E-state index contributed by atoms with van der Waals surface area (Å²) < 4.78 is 43.8. The Kier molecular flexibility index (Phi) is 7.81. The molecule has 29 heavy (non-hydrogen) atoms. The molecule has 3 rings (SSSR count). The van der Waals surface area contributed by atoms with Crippen LogP contribution in [0.5, 0.6) is 0 Å². The van der Waals surface area contributed by atoms with Gasteiger partial charge in [0.1, 0.15) is 0 Å². The normalized spacial score (nSPS) is 24.5. The SMILES string of the molecule is Cc1ccc(N2CCC3OCCCC3(COC(C)C)C2)nn1.O=C(O)C(F)(F)F. The van der Waals surface area contributed by atoms with Gasteiger partial charge in [-0.15, -0.1) is 5.10 Å². The Hall–Kier alpha value is -1.94. The van der Waals surface area contributed by atoms with Gasteiger partial charge in [0.15, 0.2) is 5.82 Å². The fourth-order valence-electron chi connectivity index (χ4n) is 3.59. The highest BCUT2D eigenvalue weighted by atomic mass is 19.4. The standard InChI is InChI=1S/C17H27N3O2.C2HF3O2/c1-13(2)22-12-17-8-4-10-21-15(17)7-9-20(11-17)16-6-5-14(3)18-19-16;3-2(4,5)1(6)7/h5-6,13,15H,4,7-12H2,1-3H3;(H,6,7). The number of fused-ring (bicyclic) bond motifs is 1. The number of anilines is 1. The molecular weight excluding hydrogens is 391 g/mol. The number of halogens is 3. The maximum atomic E-state index is 10.6. The van der Waals surface area contributed by atoms with Gasteiger partial charge >= 0.3 is 12.1 Å². The summed E-state index contributed by atoms with van der Waals surface area (Å²) in [5, 5.41) is 15.7. The van der Waals surface area contributed by atoms with Crippen molar-refractivity contribution in [1.29, 1.82) is 0 Å². The van der Waals surface area contributed by atoms with Crippen LogP contribution < -0.4 is 4.90 Å². The number of piperidine rings is 1. The first-order valence-electron chi connectivity index (χ1n) is 9.62. The Balaban J connectivity index is 0.000000370. The van der Waals surface area contributed by atoms with E-state index in [1.165, 1.54) is 6.42 Å². The molecule has 1 aromatic heterocycles. The van der Waals surface area contributed by atoms with Crippen molar-refractivity contribution in [2.45, 2.75) is 58.4 Å². The Bertz CT molecular complexity index is 670. The summed E-state index contributed by atoms with van der Waals surface area (Å²) >= 11 is 0. The first kappa shape index (κ1) is 23.3. The lowest BCUT2D eigenvalue weighted by Gasteiger charge is -2.50. The maximum Gasteiger partial charge on any atom is 0.490 e. The molecule has 0 saturated carbocycles. The van der Waals surface area contributed by atoms with E-state index >= 15 is 0 Å². The number of carbonyl (C=O) groups is 1. The molecule has 0 aromatic carbocycles. The van der Waals surface area contributed by atoms with Gasteiger partial charge in [0.2, 0.25) is 0 Å². The van der Waals surface area contributed by atoms with Crippen molar-refractivity contribution < 1.29 is 32.5 Å². The molecule has 0 amide bonds. The molecule has 0 radical (unpaired) electrons. The molecule has 0 aliphatic carbocycles. The summed E-state index contributed by atoms with van der Waals surface area (Å²) in [6.45, 7) is 9.75. The Morgan fingerprint density at radius 3 is 2.66 bits per heavy atom. The summed E-state index contributed by atoms with van der Waals surface area (Å²) in [5.74, 6) is -1.79. The van der Waals surface area contributed by atoms with E-state index in [1.54, 1.807) is 0 Å². The van der Waals surface area contributed by atoms with Crippen molar-refractivity contribution in [3.05, 3.63) is 17.8 Å². The lowest BCUT2D eigenvalue weighted by atomic mass is 9.73. The van der Waals surface area contributed by atoms with Crippen LogP contribution in [0.25, 0.3) is 0 Å². The summed E-state index contributed by atoms with van der Waals surface area (Å²) in [6.07, 6.45) is -1.19. The van der Waals surface area contributed by atoms with Crippen LogP contribution in [0, 0.1) is 12.3 Å². The molecule has 2 fully saturated rings. The predicted molar refractivity (Wildman–Crippen MR) is 99.8 cm³/mol. The Morgan fingerprint density at radius 2 is 2.10 bits per heavy atom. The Morgan fingerprint density at radius 1 is 1.41 bits per heavy atom. The van der Waals surface area contributed by atoms with E-state index < -0.39 is 12.1 Å². The van der Waals surface area contributed by atoms with Gasteiger partial charge in [-0.1, -0.05) is 0 Å². The molecule has 1 aromatic rings. The van der Waals surface area contributed by atoms with E-state index in [-0.39, 0.29) is 11.5 Å². The minimum absolute atomic E-state index is 0.0906. The van der Waals surface area contributed by atoms with Gasteiger partial charge < -0.3 is 19.5 Å². The van der Waals surface area contributed by atoms with Gasteiger partial charge in [0.05, 0.1) is 24.5 Å². The summed E-state index contributed by atoms with van der Waals surface area (Å²) in [6, 6.07) is 4.10. The molecule has 2 atom stereocenters. The number of hydrogen-bond acceptors (Lipinski definition) is 6. The highest BCUT2D eigenvalue weighted by molar-refractivity contribution is 5.73. The minimum Gasteiger partial charge on any atom is -0.475 e. The molecule has 1 N–H and O–H groups in total. The quantitative estimate of drug-likeness (QED) is 0.802. The molecule has 0 spiro atoms. The molecule has 2 aliphatic heterocycles. The summed E-state index contributed by atoms with van der Waals surface area (Å²) in [7, 11) is 0. The molecule has 2 saturated heterocycles. The lowest BCUT2D eigenvalue weighted by molar-refractivity contribution is -0.192. The largest absolute Gasteiger partial charge is 0.490 e. The van der Waals surface area contributed by atoms with Crippen molar-refractivity contribution >= 4 is 11.8 Å². The number of aromatic nitrogens is 2. The zero-order chi connectivity index (χ0) is 21.7. The van der Waals surface area contributed by atoms with Gasteiger partial charge in [-0.2, -0.15) is 18.3 Å². The molecular formula is C19H28F3N3O4. The van der Waals surface area contributed by atoms with Crippen LogP contribution in [0.2, 0.25) is 0 Å². The monoisotopic (exact) mass is 419 g/mol. The van der Waals surface area contributed by atoms with Gasteiger partial charge in [-0.05, 0) is 52.2 Å². The second kappa shape index (κ2) is 9.71. The van der Waals surface area contributed by atoms with Crippen molar-refractivity contribution in [3.63, 3.8) is 0 Å². The van der Waals surface area contributed by atoms with Gasteiger partial charge in [0.25, 0.3) is 0 Å². The first-order chi connectivity index (χ1) is 13.5. The summed E-state index contributed by atoms with van der Waals surface area (Å²) in [4.78, 5) is 11.2. The van der Waals surface area contributed by atoms with Crippen LogP contribution in [-0.2, 0) is 14.3 Å². The zero-order valence-corrected chi connectivity index (χ0v) is 16.9. The van der Waals surface area contributed by atoms with Gasteiger partial charge in [-0.3, -0.25) is 0 Å².